The van der Waals surface area contributed by atoms with Crippen molar-refractivity contribution in [1.82, 2.24) is 9.97 Å². The van der Waals surface area contributed by atoms with Crippen LogP contribution in [0.5, 0.6) is 0 Å². The lowest BCUT2D eigenvalue weighted by Gasteiger charge is -2.15. The molecular weight excluding hydrogens is 442 g/mol. The number of aromatic nitrogens is 2. The van der Waals surface area contributed by atoms with Crippen LogP contribution in [-0.2, 0) is 6.18 Å². The fourth-order valence-corrected chi connectivity index (χ4v) is 4.40. The van der Waals surface area contributed by atoms with E-state index < -0.39 is 11.7 Å². The second kappa shape index (κ2) is 7.48. The van der Waals surface area contributed by atoms with E-state index >= 15 is 0 Å². The van der Waals surface area contributed by atoms with Gasteiger partial charge in [-0.1, -0.05) is 35.3 Å². The van der Waals surface area contributed by atoms with Crippen LogP contribution >= 0.6 is 34.5 Å². The van der Waals surface area contributed by atoms with Gasteiger partial charge < -0.3 is 5.32 Å². The number of nitrogens with zero attached hydrogens (tertiary/aromatic N) is 2. The van der Waals surface area contributed by atoms with Gasteiger partial charge >= 0.3 is 6.18 Å². The normalized spacial score (nSPS) is 11.8. The van der Waals surface area contributed by atoms with Crippen molar-refractivity contribution in [3.8, 4) is 11.1 Å². The van der Waals surface area contributed by atoms with E-state index in [0.717, 1.165) is 22.1 Å². The third-order valence-corrected chi connectivity index (χ3v) is 5.84. The molecule has 0 aliphatic carbocycles. The highest BCUT2D eigenvalue weighted by Crippen LogP contribution is 2.43. The van der Waals surface area contributed by atoms with Crippen LogP contribution < -0.4 is 5.32 Å². The maximum Gasteiger partial charge on any atom is 0.418 e. The summed E-state index contributed by atoms with van der Waals surface area (Å²) in [4.78, 5) is 10.2. The number of benzene rings is 2. The number of fused-ring (bicyclic) bond motifs is 1. The third-order valence-electron chi connectivity index (χ3n) is 4.34. The van der Waals surface area contributed by atoms with E-state index in [4.69, 9.17) is 23.2 Å². The van der Waals surface area contributed by atoms with Gasteiger partial charge in [0.15, 0.2) is 0 Å². The van der Waals surface area contributed by atoms with E-state index in [1.807, 2.05) is 19.1 Å². The molecule has 0 bridgehead atoms. The van der Waals surface area contributed by atoms with Crippen LogP contribution in [0.3, 0.4) is 0 Å². The van der Waals surface area contributed by atoms with Crippen molar-refractivity contribution in [2.75, 3.05) is 5.32 Å². The van der Waals surface area contributed by atoms with Crippen molar-refractivity contribution in [1.29, 1.82) is 0 Å². The predicted octanol–water partition coefficient (Wildman–Crippen LogP) is 7.74. The van der Waals surface area contributed by atoms with Crippen molar-refractivity contribution in [2.24, 2.45) is 0 Å². The molecule has 0 spiro atoms. The number of aryl methyl sites for hydroxylation is 1. The minimum Gasteiger partial charge on any atom is -0.339 e. The van der Waals surface area contributed by atoms with Crippen molar-refractivity contribution in [3.05, 3.63) is 69.3 Å². The highest BCUT2D eigenvalue weighted by molar-refractivity contribution is 7.19. The molecule has 2 heterocycles. The first kappa shape index (κ1) is 19.9. The second-order valence-corrected chi connectivity index (χ2v) is 8.33. The van der Waals surface area contributed by atoms with E-state index in [1.165, 1.54) is 29.8 Å². The van der Waals surface area contributed by atoms with Crippen LogP contribution in [0.25, 0.3) is 21.3 Å². The smallest absolute Gasteiger partial charge is 0.339 e. The van der Waals surface area contributed by atoms with Crippen LogP contribution in [0.4, 0.5) is 24.7 Å². The lowest BCUT2D eigenvalue weighted by molar-refractivity contribution is -0.136. The molecule has 2 aromatic carbocycles. The predicted molar refractivity (Wildman–Crippen MR) is 112 cm³/mol. The van der Waals surface area contributed by atoms with Gasteiger partial charge in [0, 0.05) is 20.5 Å². The molecule has 148 valence electrons. The van der Waals surface area contributed by atoms with Crippen molar-refractivity contribution < 1.29 is 13.2 Å². The molecule has 4 aromatic rings. The van der Waals surface area contributed by atoms with E-state index in [0.29, 0.717) is 15.2 Å². The number of hydrogen-bond acceptors (Lipinski definition) is 4. The summed E-state index contributed by atoms with van der Waals surface area (Å²) >= 11 is 13.2. The Morgan fingerprint density at radius 3 is 2.34 bits per heavy atom. The molecule has 2 aromatic heterocycles. The summed E-state index contributed by atoms with van der Waals surface area (Å²) in [6.45, 7) is 1.93. The summed E-state index contributed by atoms with van der Waals surface area (Å²) in [5.41, 5.74) is 0.736. The Bertz CT molecular complexity index is 1200. The van der Waals surface area contributed by atoms with Crippen molar-refractivity contribution in [2.45, 2.75) is 13.1 Å². The third kappa shape index (κ3) is 3.90. The first-order valence-electron chi connectivity index (χ1n) is 8.38. The van der Waals surface area contributed by atoms with E-state index in [-0.39, 0.29) is 16.5 Å². The highest BCUT2D eigenvalue weighted by Gasteiger charge is 2.34. The summed E-state index contributed by atoms with van der Waals surface area (Å²) in [6, 6.07) is 10.8. The molecule has 0 radical (unpaired) electrons. The van der Waals surface area contributed by atoms with Gasteiger partial charge in [-0.05, 0) is 42.8 Å². The molecule has 1 N–H and O–H groups in total. The number of rotatable bonds is 3. The van der Waals surface area contributed by atoms with Gasteiger partial charge in [-0.3, -0.25) is 0 Å². The van der Waals surface area contributed by atoms with E-state index in [1.54, 1.807) is 12.1 Å². The molecule has 9 heteroatoms. The Morgan fingerprint density at radius 2 is 1.66 bits per heavy atom. The fraction of sp³-hybridized carbons (Fsp3) is 0.100. The van der Waals surface area contributed by atoms with Crippen LogP contribution in [0.15, 0.2) is 48.8 Å². The maximum absolute atomic E-state index is 13.5. The maximum atomic E-state index is 13.5. The van der Waals surface area contributed by atoms with Crippen molar-refractivity contribution >= 4 is 56.3 Å². The standard InChI is InChI=1S/C20H12Cl2F3N3S/c1-10-16(11-2-4-12(21)5-3-11)17-18(26-9-27-19(17)29-10)28-15-7-6-13(22)8-14(15)20(23,24)25/h2-9H,1H3,(H,26,27,28). The lowest BCUT2D eigenvalue weighted by Crippen LogP contribution is -2.09. The van der Waals surface area contributed by atoms with E-state index in [9.17, 15) is 13.2 Å². The zero-order valence-electron chi connectivity index (χ0n) is 14.8. The molecule has 0 atom stereocenters. The highest BCUT2D eigenvalue weighted by atomic mass is 35.5. The minimum absolute atomic E-state index is 0.00365. The van der Waals surface area contributed by atoms with Crippen LogP contribution in [0.1, 0.15) is 10.4 Å². The summed E-state index contributed by atoms with van der Waals surface area (Å²) in [7, 11) is 0. The number of alkyl halides is 3. The van der Waals surface area contributed by atoms with Crippen molar-refractivity contribution in [3.63, 3.8) is 0 Å². The Balaban J connectivity index is 1.89. The first-order valence-corrected chi connectivity index (χ1v) is 9.95. The fourth-order valence-electron chi connectivity index (χ4n) is 3.09. The molecule has 0 aliphatic heterocycles. The number of anilines is 2. The Kier molecular flexibility index (Phi) is 5.14. The van der Waals surface area contributed by atoms with Crippen LogP contribution in [0, 0.1) is 6.92 Å². The molecule has 0 saturated heterocycles. The molecule has 0 aliphatic rings. The van der Waals surface area contributed by atoms with Gasteiger partial charge in [0.25, 0.3) is 0 Å². The van der Waals surface area contributed by atoms with Gasteiger partial charge in [-0.25, -0.2) is 9.97 Å². The monoisotopic (exact) mass is 453 g/mol. The zero-order chi connectivity index (χ0) is 20.8. The van der Waals surface area contributed by atoms with Gasteiger partial charge in [-0.2, -0.15) is 13.2 Å². The first-order chi connectivity index (χ1) is 13.7. The SMILES string of the molecule is Cc1sc2ncnc(Nc3ccc(Cl)cc3C(F)(F)F)c2c1-c1ccc(Cl)cc1. The molecule has 0 amide bonds. The Labute approximate surface area is 178 Å². The average molecular weight is 454 g/mol. The molecule has 0 saturated carbocycles. The average Bonchev–Trinajstić information content (AvgIpc) is 3.00. The second-order valence-electron chi connectivity index (χ2n) is 6.26. The number of thiophene rings is 1. The Hall–Kier alpha value is -2.35. The molecular formula is C20H12Cl2F3N3S. The molecule has 3 nitrogen and oxygen atoms in total. The number of nitrogens with one attached hydrogen (secondary N) is 1. The van der Waals surface area contributed by atoms with Gasteiger partial charge in [0.1, 0.15) is 17.0 Å². The molecule has 0 fully saturated rings. The topological polar surface area (TPSA) is 37.8 Å². The van der Waals surface area contributed by atoms with Gasteiger partial charge in [0.2, 0.25) is 0 Å². The Morgan fingerprint density at radius 1 is 0.966 bits per heavy atom. The van der Waals surface area contributed by atoms with Crippen LogP contribution in [-0.4, -0.2) is 9.97 Å². The summed E-state index contributed by atoms with van der Waals surface area (Å²) < 4.78 is 40.5. The summed E-state index contributed by atoms with van der Waals surface area (Å²) in [5, 5.41) is 4.09. The molecule has 29 heavy (non-hydrogen) atoms. The number of halogens is 5. The summed E-state index contributed by atoms with van der Waals surface area (Å²) in [6.07, 6.45) is -3.24. The van der Waals surface area contributed by atoms with Gasteiger partial charge in [0.05, 0.1) is 16.6 Å². The van der Waals surface area contributed by atoms with Gasteiger partial charge in [-0.15, -0.1) is 11.3 Å². The number of hydrogen-bond donors (Lipinski definition) is 1. The molecule has 4 rings (SSSR count). The summed E-state index contributed by atoms with van der Waals surface area (Å²) in [5.74, 6) is 0.289. The van der Waals surface area contributed by atoms with E-state index in [2.05, 4.69) is 15.3 Å². The lowest BCUT2D eigenvalue weighted by atomic mass is 10.0. The quantitative estimate of drug-likeness (QED) is 0.344. The molecule has 0 unspecified atom stereocenters. The largest absolute Gasteiger partial charge is 0.418 e. The zero-order valence-corrected chi connectivity index (χ0v) is 17.1. The van der Waals surface area contributed by atoms with Crippen LogP contribution in [0.2, 0.25) is 10.0 Å². The minimum atomic E-state index is -4.57.